The Morgan fingerprint density at radius 1 is 0.690 bits per heavy atom. The van der Waals surface area contributed by atoms with Crippen LogP contribution in [-0.2, 0) is 20.8 Å². The van der Waals surface area contributed by atoms with Gasteiger partial charge in [-0.2, -0.15) is 23.3 Å². The average Bonchev–Trinajstić information content (AvgIpc) is 3.26. The van der Waals surface area contributed by atoms with Gasteiger partial charge in [-0.3, -0.25) is 0 Å². The van der Waals surface area contributed by atoms with Crippen LogP contribution in [0, 0.1) is 13.8 Å². The van der Waals surface area contributed by atoms with E-state index in [1.165, 1.54) is 43.8 Å². The van der Waals surface area contributed by atoms with Gasteiger partial charge in [0.2, 0.25) is 0 Å². The minimum absolute atomic E-state index is 0.616. The molecule has 152 valence electrons. The Morgan fingerprint density at radius 3 is 1.34 bits per heavy atom. The molecular formula is C26H30Cl2Zr. The van der Waals surface area contributed by atoms with Crippen molar-refractivity contribution in [1.29, 1.82) is 0 Å². The summed E-state index contributed by atoms with van der Waals surface area (Å²) in [6.07, 6.45) is 0. The van der Waals surface area contributed by atoms with Crippen molar-refractivity contribution in [2.45, 2.75) is 53.4 Å². The standard InChI is InChI=1S/2C13H15.2ClH.Zr/c2*1-9(2)12-6-4-5-11-8-7-10(3)13(11)12;;;/h2*4-9H,1-3H3;2*1H;/q2*-1;;;+4/p-2. The Bertz CT molecular complexity index is 953. The molecule has 0 fully saturated rings. The van der Waals surface area contributed by atoms with E-state index in [1.54, 1.807) is 0 Å². The van der Waals surface area contributed by atoms with Crippen LogP contribution in [0.15, 0.2) is 60.7 Å². The predicted molar refractivity (Wildman–Crippen MR) is 128 cm³/mol. The van der Waals surface area contributed by atoms with Crippen molar-refractivity contribution < 1.29 is 20.8 Å². The first-order valence-electron chi connectivity index (χ1n) is 10.1. The maximum atomic E-state index is 4.93. The van der Waals surface area contributed by atoms with Gasteiger partial charge in [0, 0.05) is 0 Å². The van der Waals surface area contributed by atoms with Gasteiger partial charge >= 0.3 is 37.9 Å². The summed E-state index contributed by atoms with van der Waals surface area (Å²) >= 11 is -0.826. The third-order valence-electron chi connectivity index (χ3n) is 5.32. The Morgan fingerprint density at radius 2 is 1.03 bits per heavy atom. The van der Waals surface area contributed by atoms with Gasteiger partial charge < -0.3 is 0 Å². The summed E-state index contributed by atoms with van der Waals surface area (Å²) in [5.41, 5.74) is 5.75. The van der Waals surface area contributed by atoms with Crippen LogP contribution in [0.2, 0.25) is 0 Å². The zero-order valence-corrected chi connectivity index (χ0v) is 22.2. The summed E-state index contributed by atoms with van der Waals surface area (Å²) in [4.78, 5) is 0. The van der Waals surface area contributed by atoms with Gasteiger partial charge in [-0.15, -0.1) is 57.9 Å². The predicted octanol–water partition coefficient (Wildman–Crippen LogP) is 9.36. The van der Waals surface area contributed by atoms with Gasteiger partial charge in [-0.1, -0.05) is 64.8 Å². The van der Waals surface area contributed by atoms with Gasteiger partial charge in [0.25, 0.3) is 0 Å². The molecule has 0 radical (unpaired) electrons. The number of aryl methyl sites for hydroxylation is 2. The summed E-state index contributed by atoms with van der Waals surface area (Å²) in [5.74, 6) is 1.23. The Labute approximate surface area is 194 Å². The van der Waals surface area contributed by atoms with Crippen molar-refractivity contribution in [2.75, 3.05) is 0 Å². The van der Waals surface area contributed by atoms with E-state index in [0.29, 0.717) is 11.8 Å². The van der Waals surface area contributed by atoms with Crippen LogP contribution in [0.5, 0.6) is 0 Å². The second-order valence-electron chi connectivity index (χ2n) is 8.04. The second kappa shape index (κ2) is 11.5. The van der Waals surface area contributed by atoms with Gasteiger partial charge in [-0.05, 0) is 11.8 Å². The van der Waals surface area contributed by atoms with Crippen molar-refractivity contribution in [2.24, 2.45) is 0 Å². The molecule has 0 heterocycles. The zero-order valence-electron chi connectivity index (χ0n) is 18.2. The van der Waals surface area contributed by atoms with Crippen LogP contribution in [0.1, 0.15) is 61.8 Å². The average molecular weight is 505 g/mol. The summed E-state index contributed by atoms with van der Waals surface area (Å²) in [6, 6.07) is 22.0. The molecule has 0 saturated heterocycles. The van der Waals surface area contributed by atoms with Crippen LogP contribution in [-0.4, -0.2) is 0 Å². The minimum atomic E-state index is -0.826. The number of halogens is 2. The van der Waals surface area contributed by atoms with Crippen molar-refractivity contribution in [3.05, 3.63) is 82.9 Å². The number of fused-ring (bicyclic) bond motifs is 2. The maximum absolute atomic E-state index is 4.93. The zero-order chi connectivity index (χ0) is 21.6. The molecule has 3 heteroatoms. The van der Waals surface area contributed by atoms with Crippen LogP contribution in [0.25, 0.3) is 21.5 Å². The van der Waals surface area contributed by atoms with Crippen LogP contribution in [0.3, 0.4) is 0 Å². The Balaban J connectivity index is 0.000000183. The van der Waals surface area contributed by atoms with E-state index in [1.807, 2.05) is 0 Å². The number of hydrogen-bond donors (Lipinski definition) is 0. The molecular weight excluding hydrogens is 474 g/mol. The van der Waals surface area contributed by atoms with Gasteiger partial charge in [0.05, 0.1) is 0 Å². The fraction of sp³-hybridized carbons (Fsp3) is 0.308. The quantitative estimate of drug-likeness (QED) is 0.239. The monoisotopic (exact) mass is 502 g/mol. The van der Waals surface area contributed by atoms with Crippen LogP contribution < -0.4 is 0 Å². The third kappa shape index (κ3) is 6.07. The topological polar surface area (TPSA) is 0 Å². The molecule has 0 aliphatic carbocycles. The molecule has 4 aromatic carbocycles. The van der Waals surface area contributed by atoms with E-state index in [-0.39, 0.29) is 0 Å². The molecule has 0 spiro atoms. The molecule has 0 aliphatic rings. The SMILES string of the molecule is Cc1c[cH-]c2cccc(C(C)C)c12.Cc1c[cH-]c2cccc(C(C)C)c12.[Cl][Zr+2][Cl]. The first-order chi connectivity index (χ1) is 13.8. The van der Waals surface area contributed by atoms with Crippen molar-refractivity contribution in [3.63, 3.8) is 0 Å². The third-order valence-corrected chi connectivity index (χ3v) is 5.32. The van der Waals surface area contributed by atoms with E-state index >= 15 is 0 Å². The molecule has 4 rings (SSSR count). The second-order valence-corrected chi connectivity index (χ2v) is 11.8. The van der Waals surface area contributed by atoms with E-state index in [9.17, 15) is 0 Å². The fourth-order valence-electron chi connectivity index (χ4n) is 3.92. The summed E-state index contributed by atoms with van der Waals surface area (Å²) in [7, 11) is 9.87. The fourth-order valence-corrected chi connectivity index (χ4v) is 3.92. The van der Waals surface area contributed by atoms with E-state index in [4.69, 9.17) is 17.0 Å². The first kappa shape index (κ1) is 24.4. The summed E-state index contributed by atoms with van der Waals surface area (Å²) in [5, 5.41) is 5.67. The first-order valence-corrected chi connectivity index (χ1v) is 16.4. The summed E-state index contributed by atoms with van der Waals surface area (Å²) in [6.45, 7) is 13.4. The van der Waals surface area contributed by atoms with E-state index in [0.717, 1.165) is 0 Å². The number of hydrogen-bond acceptors (Lipinski definition) is 0. The number of rotatable bonds is 2. The van der Waals surface area contributed by atoms with Crippen molar-refractivity contribution in [3.8, 4) is 0 Å². The normalized spacial score (nSPS) is 10.6. The number of benzene rings is 2. The molecule has 0 amide bonds. The molecule has 4 aromatic rings. The van der Waals surface area contributed by atoms with Crippen LogP contribution in [0.4, 0.5) is 0 Å². The van der Waals surface area contributed by atoms with Gasteiger partial charge in [0.15, 0.2) is 0 Å². The van der Waals surface area contributed by atoms with E-state index in [2.05, 4.69) is 102 Å². The van der Waals surface area contributed by atoms with Crippen molar-refractivity contribution in [1.82, 2.24) is 0 Å². The van der Waals surface area contributed by atoms with Crippen molar-refractivity contribution >= 4 is 38.6 Å². The Hall–Kier alpha value is -0.877. The van der Waals surface area contributed by atoms with Crippen LogP contribution >= 0.6 is 17.0 Å². The molecule has 0 saturated carbocycles. The molecule has 0 aromatic heterocycles. The molecule has 0 atom stereocenters. The molecule has 29 heavy (non-hydrogen) atoms. The molecule has 0 unspecified atom stereocenters. The molecule has 0 N–H and O–H groups in total. The van der Waals surface area contributed by atoms with Gasteiger partial charge in [-0.25, -0.2) is 0 Å². The molecule has 0 nitrogen and oxygen atoms in total. The van der Waals surface area contributed by atoms with E-state index < -0.39 is 20.8 Å². The van der Waals surface area contributed by atoms with Gasteiger partial charge in [0.1, 0.15) is 0 Å². The Kier molecular flexibility index (Phi) is 9.67. The summed E-state index contributed by atoms with van der Waals surface area (Å²) < 4.78 is 0. The molecule has 0 bridgehead atoms. The molecule has 0 aliphatic heterocycles.